The minimum absolute atomic E-state index is 0.0230. The summed E-state index contributed by atoms with van der Waals surface area (Å²) in [5.74, 6) is -1.38. The molecule has 0 radical (unpaired) electrons. The van der Waals surface area contributed by atoms with Crippen LogP contribution in [-0.2, 0) is 19.6 Å². The van der Waals surface area contributed by atoms with Crippen LogP contribution in [0.15, 0.2) is 54.1 Å². The number of rotatable bonds is 8. The first-order chi connectivity index (χ1) is 13.6. The predicted octanol–water partition coefficient (Wildman–Crippen LogP) is 3.04. The highest BCUT2D eigenvalue weighted by Crippen LogP contribution is 2.22. The number of esters is 1. The number of hydrogen-bond acceptors (Lipinski definition) is 6. The first-order valence-corrected chi connectivity index (χ1v) is 10.4. The second-order valence-electron chi connectivity index (χ2n) is 5.69. The van der Waals surface area contributed by atoms with E-state index in [9.17, 15) is 18.0 Å². The number of amides is 1. The van der Waals surface area contributed by atoms with Crippen LogP contribution in [0.3, 0.4) is 0 Å². The molecule has 0 fully saturated rings. The number of nitrogens with one attached hydrogen (secondary N) is 2. The van der Waals surface area contributed by atoms with Crippen LogP contribution in [0, 0.1) is 0 Å². The fourth-order valence-electron chi connectivity index (χ4n) is 2.03. The van der Waals surface area contributed by atoms with Gasteiger partial charge in [-0.3, -0.25) is 4.79 Å². The number of nitrogens with zero attached hydrogens (tertiary/aromatic N) is 1. The highest BCUT2D eigenvalue weighted by atomic mass is 35.5. The summed E-state index contributed by atoms with van der Waals surface area (Å²) in [6.45, 7) is 4.88. The van der Waals surface area contributed by atoms with E-state index in [0.29, 0.717) is 5.02 Å². The molecule has 1 amide bonds. The van der Waals surface area contributed by atoms with Crippen LogP contribution in [0.25, 0.3) is 0 Å². The van der Waals surface area contributed by atoms with Crippen molar-refractivity contribution in [2.24, 2.45) is 0 Å². The van der Waals surface area contributed by atoms with Crippen LogP contribution in [0.4, 0.5) is 5.82 Å². The van der Waals surface area contributed by atoms with Gasteiger partial charge in [-0.25, -0.2) is 22.9 Å². The molecule has 1 aromatic carbocycles. The molecule has 11 heteroatoms. The third-order valence-electron chi connectivity index (χ3n) is 3.52. The molecule has 0 aliphatic carbocycles. The topological polar surface area (TPSA) is 114 Å². The Balaban J connectivity index is 2.01. The molecule has 0 bridgehead atoms. The summed E-state index contributed by atoms with van der Waals surface area (Å²) in [4.78, 5) is 28.3. The molecule has 2 aromatic rings. The van der Waals surface area contributed by atoms with Gasteiger partial charge in [0.1, 0.15) is 0 Å². The summed E-state index contributed by atoms with van der Waals surface area (Å²) < 4.78 is 31.4. The second-order valence-corrected chi connectivity index (χ2v) is 8.30. The molecule has 1 heterocycles. The number of carbonyl (C=O) groups excluding carboxylic acids is 2. The normalized spacial score (nSPS) is 12.1. The van der Waals surface area contributed by atoms with Crippen molar-refractivity contribution >= 4 is 50.9 Å². The van der Waals surface area contributed by atoms with Gasteiger partial charge >= 0.3 is 5.97 Å². The van der Waals surface area contributed by atoms with Crippen molar-refractivity contribution in [1.29, 1.82) is 0 Å². The third-order valence-corrected chi connectivity index (χ3v) is 5.45. The van der Waals surface area contributed by atoms with E-state index in [1.807, 2.05) is 0 Å². The molecular formula is C18H17Cl2N3O5S. The van der Waals surface area contributed by atoms with E-state index in [0.717, 1.165) is 0 Å². The molecule has 1 atom stereocenters. The number of halogens is 2. The van der Waals surface area contributed by atoms with E-state index >= 15 is 0 Å². The van der Waals surface area contributed by atoms with Gasteiger partial charge in [0.2, 0.25) is 10.0 Å². The first kappa shape index (κ1) is 22.8. The quantitative estimate of drug-likeness (QED) is 0.464. The molecular weight excluding hydrogens is 441 g/mol. The summed E-state index contributed by atoms with van der Waals surface area (Å²) in [5.41, 5.74) is 0.0787. The number of pyridine rings is 1. The van der Waals surface area contributed by atoms with Crippen molar-refractivity contribution in [2.75, 3.05) is 11.9 Å². The zero-order valence-corrected chi connectivity index (χ0v) is 17.5. The SMILES string of the molecule is C=CCNS(=O)(=O)c1ccc(C(=O)O[C@@H](C)C(=O)Nc2ncc(Cl)cc2Cl)cc1. The summed E-state index contributed by atoms with van der Waals surface area (Å²) in [7, 11) is -3.71. The zero-order valence-electron chi connectivity index (χ0n) is 15.2. The van der Waals surface area contributed by atoms with Crippen molar-refractivity contribution in [3.63, 3.8) is 0 Å². The van der Waals surface area contributed by atoms with Crippen molar-refractivity contribution in [1.82, 2.24) is 9.71 Å². The van der Waals surface area contributed by atoms with Gasteiger partial charge in [-0.2, -0.15) is 0 Å². The van der Waals surface area contributed by atoms with E-state index in [1.165, 1.54) is 49.5 Å². The Kier molecular flexibility index (Phi) is 7.74. The lowest BCUT2D eigenvalue weighted by molar-refractivity contribution is -0.123. The summed E-state index contributed by atoms with van der Waals surface area (Å²) in [6.07, 6.45) is 1.55. The number of ether oxygens (including phenoxy) is 1. The maximum Gasteiger partial charge on any atom is 0.338 e. The summed E-state index contributed by atoms with van der Waals surface area (Å²) in [5, 5.41) is 2.86. The lowest BCUT2D eigenvalue weighted by Gasteiger charge is -2.14. The van der Waals surface area contributed by atoms with Gasteiger partial charge in [0.15, 0.2) is 11.9 Å². The van der Waals surface area contributed by atoms with Gasteiger partial charge < -0.3 is 10.1 Å². The van der Waals surface area contributed by atoms with Gasteiger partial charge in [-0.05, 0) is 37.3 Å². The molecule has 0 spiro atoms. The van der Waals surface area contributed by atoms with Gasteiger partial charge in [0.05, 0.1) is 20.5 Å². The van der Waals surface area contributed by atoms with Gasteiger partial charge in [0, 0.05) is 12.7 Å². The molecule has 0 aliphatic rings. The molecule has 2 rings (SSSR count). The smallest absolute Gasteiger partial charge is 0.338 e. The summed E-state index contributed by atoms with van der Waals surface area (Å²) >= 11 is 11.7. The number of benzene rings is 1. The molecule has 0 saturated carbocycles. The minimum Gasteiger partial charge on any atom is -0.449 e. The molecule has 1 aromatic heterocycles. The Morgan fingerprint density at radius 2 is 1.93 bits per heavy atom. The maximum atomic E-state index is 12.2. The van der Waals surface area contributed by atoms with Crippen molar-refractivity contribution in [3.8, 4) is 0 Å². The predicted molar refractivity (Wildman–Crippen MR) is 110 cm³/mol. The fourth-order valence-corrected chi connectivity index (χ4v) is 3.45. The number of anilines is 1. The average Bonchev–Trinajstić information content (AvgIpc) is 2.68. The lowest BCUT2D eigenvalue weighted by Crippen LogP contribution is -2.30. The van der Waals surface area contributed by atoms with E-state index in [1.54, 1.807) is 0 Å². The Morgan fingerprint density at radius 3 is 2.52 bits per heavy atom. The average molecular weight is 458 g/mol. The maximum absolute atomic E-state index is 12.2. The number of carbonyl (C=O) groups is 2. The number of aromatic nitrogens is 1. The standard InChI is InChI=1S/C18H17Cl2N3O5S/c1-3-8-22-29(26,27)14-6-4-12(5-7-14)18(25)28-11(2)17(24)23-16-15(20)9-13(19)10-21-16/h3-7,9-11,22H,1,8H2,2H3,(H,21,23,24)/t11-/m0/s1. The molecule has 0 aliphatic heterocycles. The van der Waals surface area contributed by atoms with E-state index < -0.39 is 28.0 Å². The molecule has 2 N–H and O–H groups in total. The van der Waals surface area contributed by atoms with Crippen LogP contribution in [0.2, 0.25) is 10.0 Å². The van der Waals surface area contributed by atoms with Gasteiger partial charge in [-0.1, -0.05) is 29.3 Å². The van der Waals surface area contributed by atoms with Gasteiger partial charge in [-0.15, -0.1) is 6.58 Å². The third kappa shape index (κ3) is 6.26. The lowest BCUT2D eigenvalue weighted by atomic mass is 10.2. The summed E-state index contributed by atoms with van der Waals surface area (Å²) in [6, 6.07) is 6.48. The number of sulfonamides is 1. The van der Waals surface area contributed by atoms with Crippen LogP contribution in [-0.4, -0.2) is 37.9 Å². The highest BCUT2D eigenvalue weighted by Gasteiger charge is 2.21. The van der Waals surface area contributed by atoms with Crippen LogP contribution in [0.5, 0.6) is 0 Å². The minimum atomic E-state index is -3.71. The number of hydrogen-bond donors (Lipinski definition) is 2. The van der Waals surface area contributed by atoms with Crippen LogP contribution in [0.1, 0.15) is 17.3 Å². The van der Waals surface area contributed by atoms with E-state index in [-0.39, 0.29) is 27.8 Å². The van der Waals surface area contributed by atoms with Crippen molar-refractivity contribution < 1.29 is 22.7 Å². The molecule has 0 saturated heterocycles. The molecule has 154 valence electrons. The monoisotopic (exact) mass is 457 g/mol. The van der Waals surface area contributed by atoms with Crippen molar-refractivity contribution in [2.45, 2.75) is 17.9 Å². The van der Waals surface area contributed by atoms with E-state index in [2.05, 4.69) is 21.6 Å². The Labute approximate surface area is 177 Å². The Morgan fingerprint density at radius 1 is 1.28 bits per heavy atom. The van der Waals surface area contributed by atoms with E-state index in [4.69, 9.17) is 27.9 Å². The van der Waals surface area contributed by atoms with Crippen LogP contribution >= 0.6 is 23.2 Å². The largest absolute Gasteiger partial charge is 0.449 e. The van der Waals surface area contributed by atoms with Crippen molar-refractivity contribution in [3.05, 3.63) is 64.8 Å². The fraction of sp³-hybridized carbons (Fsp3) is 0.167. The zero-order chi connectivity index (χ0) is 21.6. The molecule has 0 unspecified atom stereocenters. The highest BCUT2D eigenvalue weighted by molar-refractivity contribution is 7.89. The first-order valence-electron chi connectivity index (χ1n) is 8.17. The molecule has 29 heavy (non-hydrogen) atoms. The Bertz CT molecular complexity index is 1030. The van der Waals surface area contributed by atoms with Crippen LogP contribution < -0.4 is 10.0 Å². The second kappa shape index (κ2) is 9.84. The molecule has 8 nitrogen and oxygen atoms in total. The Hall–Kier alpha value is -2.46. The van der Waals surface area contributed by atoms with Gasteiger partial charge in [0.25, 0.3) is 5.91 Å².